The smallest absolute Gasteiger partial charge is 0.296 e. The molecule has 1 aromatic carbocycles. The van der Waals surface area contributed by atoms with Crippen molar-refractivity contribution >= 4 is 48.9 Å². The van der Waals surface area contributed by atoms with Crippen molar-refractivity contribution in [1.82, 2.24) is 0 Å². The van der Waals surface area contributed by atoms with Gasteiger partial charge in [-0.25, -0.2) is 5.14 Å². The zero-order valence-electron chi connectivity index (χ0n) is 10.6. The molecule has 0 bridgehead atoms. The van der Waals surface area contributed by atoms with E-state index in [1.54, 1.807) is 29.5 Å². The van der Waals surface area contributed by atoms with Crippen LogP contribution in [0.25, 0.3) is 0 Å². The number of benzene rings is 1. The summed E-state index contributed by atoms with van der Waals surface area (Å²) in [5.41, 5.74) is 1.24. The molecular formula is C12H14BrN3O2S2. The van der Waals surface area contributed by atoms with Gasteiger partial charge in [0.1, 0.15) is 0 Å². The summed E-state index contributed by atoms with van der Waals surface area (Å²) in [4.78, 5) is 1.18. The molecule has 0 saturated carbocycles. The fraction of sp³-hybridized carbons (Fsp3) is 0.167. The highest BCUT2D eigenvalue weighted by Gasteiger charge is 2.09. The Morgan fingerprint density at radius 2 is 2.00 bits per heavy atom. The Bertz CT molecular complexity index is 700. The van der Waals surface area contributed by atoms with Crippen LogP contribution in [0.15, 0.2) is 40.2 Å². The predicted octanol–water partition coefficient (Wildman–Crippen LogP) is 3.30. The molecule has 0 saturated heterocycles. The molecule has 2 aromatic rings. The van der Waals surface area contributed by atoms with Crippen molar-refractivity contribution in [3.05, 3.63) is 45.1 Å². The number of nitrogens with one attached hydrogen (secondary N) is 2. The maximum Gasteiger partial charge on any atom is 0.296 e. The van der Waals surface area contributed by atoms with E-state index in [4.69, 9.17) is 5.14 Å². The highest BCUT2D eigenvalue weighted by atomic mass is 79.9. The van der Waals surface area contributed by atoms with Crippen molar-refractivity contribution in [2.75, 3.05) is 10.0 Å². The molecule has 1 heterocycles. The number of anilines is 2. The minimum Gasteiger partial charge on any atom is -0.378 e. The first-order valence-electron chi connectivity index (χ1n) is 5.74. The molecule has 0 spiro atoms. The molecular weight excluding hydrogens is 362 g/mol. The van der Waals surface area contributed by atoms with E-state index >= 15 is 0 Å². The third kappa shape index (κ3) is 4.48. The molecule has 0 fully saturated rings. The van der Waals surface area contributed by atoms with Crippen LogP contribution in [0.4, 0.5) is 11.4 Å². The van der Waals surface area contributed by atoms with Crippen molar-refractivity contribution in [3.8, 4) is 0 Å². The molecule has 20 heavy (non-hydrogen) atoms. The topological polar surface area (TPSA) is 84.2 Å². The fourth-order valence-electron chi connectivity index (χ4n) is 1.71. The Balaban J connectivity index is 2.11. The molecule has 0 aliphatic carbocycles. The van der Waals surface area contributed by atoms with Gasteiger partial charge < -0.3 is 5.32 Å². The molecule has 8 heteroatoms. The molecule has 0 amide bonds. The second kappa shape index (κ2) is 6.13. The minimum absolute atomic E-state index is 0.121. The Kier molecular flexibility index (Phi) is 4.69. The quantitative estimate of drug-likeness (QED) is 0.749. The van der Waals surface area contributed by atoms with E-state index in [1.165, 1.54) is 4.88 Å². The summed E-state index contributed by atoms with van der Waals surface area (Å²) in [7, 11) is -3.75. The van der Waals surface area contributed by atoms with Crippen molar-refractivity contribution in [2.45, 2.75) is 13.0 Å². The number of thiophene rings is 1. The van der Waals surface area contributed by atoms with Crippen molar-refractivity contribution in [1.29, 1.82) is 0 Å². The molecule has 5 nitrogen and oxygen atoms in total. The molecule has 0 radical (unpaired) electrons. The zero-order valence-corrected chi connectivity index (χ0v) is 13.8. The molecule has 2 rings (SSSR count). The van der Waals surface area contributed by atoms with Gasteiger partial charge in [-0.05, 0) is 47.1 Å². The molecule has 1 atom stereocenters. The highest BCUT2D eigenvalue weighted by Crippen LogP contribution is 2.28. The number of hydrogen-bond acceptors (Lipinski definition) is 4. The average Bonchev–Trinajstić information content (AvgIpc) is 2.74. The SMILES string of the molecule is CC(Nc1cccc(NS(N)(=O)=O)c1)c1cc(Br)cs1. The molecule has 1 aromatic heterocycles. The fourth-order valence-corrected chi connectivity index (χ4v) is 3.62. The third-order valence-electron chi connectivity index (χ3n) is 2.52. The second-order valence-electron chi connectivity index (χ2n) is 4.26. The van der Waals surface area contributed by atoms with Crippen LogP contribution in [-0.2, 0) is 10.2 Å². The highest BCUT2D eigenvalue weighted by molar-refractivity contribution is 9.10. The molecule has 0 aliphatic rings. The van der Waals surface area contributed by atoms with Gasteiger partial charge in [0, 0.05) is 20.4 Å². The largest absolute Gasteiger partial charge is 0.378 e. The summed E-state index contributed by atoms with van der Waals surface area (Å²) < 4.78 is 25.3. The van der Waals surface area contributed by atoms with Gasteiger partial charge in [-0.1, -0.05) is 6.07 Å². The second-order valence-corrected chi connectivity index (χ2v) is 7.41. The maximum atomic E-state index is 11.0. The van der Waals surface area contributed by atoms with Gasteiger partial charge in [0.2, 0.25) is 0 Å². The molecule has 108 valence electrons. The Morgan fingerprint density at radius 3 is 2.60 bits per heavy atom. The van der Waals surface area contributed by atoms with E-state index in [2.05, 4.69) is 32.0 Å². The number of halogens is 1. The van der Waals surface area contributed by atoms with Gasteiger partial charge in [-0.2, -0.15) is 8.42 Å². The Hall–Kier alpha value is -1.09. The summed E-state index contributed by atoms with van der Waals surface area (Å²) in [6.07, 6.45) is 0. The minimum atomic E-state index is -3.75. The van der Waals surface area contributed by atoms with E-state index < -0.39 is 10.2 Å². The standard InChI is InChI=1S/C12H14BrN3O2S2/c1-8(12-5-9(13)7-19-12)15-10-3-2-4-11(6-10)16-20(14,17)18/h2-8,15-16H,1H3,(H2,14,17,18). The monoisotopic (exact) mass is 375 g/mol. The van der Waals surface area contributed by atoms with Gasteiger partial charge in [0.25, 0.3) is 10.2 Å². The Morgan fingerprint density at radius 1 is 1.30 bits per heavy atom. The van der Waals surface area contributed by atoms with Gasteiger partial charge in [-0.3, -0.25) is 4.72 Å². The lowest BCUT2D eigenvalue weighted by Crippen LogP contribution is -2.21. The van der Waals surface area contributed by atoms with Gasteiger partial charge in [0.15, 0.2) is 0 Å². The van der Waals surface area contributed by atoms with E-state index in [0.717, 1.165) is 10.2 Å². The summed E-state index contributed by atoms with van der Waals surface area (Å²) in [6.45, 7) is 2.04. The number of nitrogens with two attached hydrogens (primary N) is 1. The van der Waals surface area contributed by atoms with Crippen LogP contribution in [0.1, 0.15) is 17.8 Å². The lowest BCUT2D eigenvalue weighted by atomic mass is 10.2. The number of rotatable bonds is 5. The van der Waals surface area contributed by atoms with Crippen LogP contribution in [0, 0.1) is 0 Å². The average molecular weight is 376 g/mol. The first-order valence-corrected chi connectivity index (χ1v) is 8.96. The van der Waals surface area contributed by atoms with Crippen molar-refractivity contribution in [3.63, 3.8) is 0 Å². The molecule has 4 N–H and O–H groups in total. The predicted molar refractivity (Wildman–Crippen MR) is 87.2 cm³/mol. The van der Waals surface area contributed by atoms with Crippen molar-refractivity contribution < 1.29 is 8.42 Å². The van der Waals surface area contributed by atoms with E-state index in [1.807, 2.05) is 18.4 Å². The lowest BCUT2D eigenvalue weighted by Gasteiger charge is -2.14. The third-order valence-corrected chi connectivity index (χ3v) is 4.92. The van der Waals surface area contributed by atoms with E-state index in [0.29, 0.717) is 5.69 Å². The van der Waals surface area contributed by atoms with Crippen LogP contribution in [0.2, 0.25) is 0 Å². The number of hydrogen-bond donors (Lipinski definition) is 3. The van der Waals surface area contributed by atoms with E-state index in [-0.39, 0.29) is 6.04 Å². The van der Waals surface area contributed by atoms with Crippen LogP contribution in [0.3, 0.4) is 0 Å². The molecule has 1 unspecified atom stereocenters. The lowest BCUT2D eigenvalue weighted by molar-refractivity contribution is 0.603. The van der Waals surface area contributed by atoms with Gasteiger partial charge in [0.05, 0.1) is 11.7 Å². The van der Waals surface area contributed by atoms with Gasteiger partial charge in [-0.15, -0.1) is 11.3 Å². The summed E-state index contributed by atoms with van der Waals surface area (Å²) in [5.74, 6) is 0. The maximum absolute atomic E-state index is 11.0. The summed E-state index contributed by atoms with van der Waals surface area (Å²) in [6, 6.07) is 9.14. The normalized spacial score (nSPS) is 12.9. The van der Waals surface area contributed by atoms with Gasteiger partial charge >= 0.3 is 0 Å². The first-order chi connectivity index (χ1) is 9.33. The van der Waals surface area contributed by atoms with E-state index in [9.17, 15) is 8.42 Å². The van der Waals surface area contributed by atoms with Crippen LogP contribution in [-0.4, -0.2) is 8.42 Å². The van der Waals surface area contributed by atoms with Crippen LogP contribution >= 0.6 is 27.3 Å². The first kappa shape index (κ1) is 15.3. The Labute approximate surface area is 130 Å². The summed E-state index contributed by atoms with van der Waals surface area (Å²) in [5, 5.41) is 10.3. The van der Waals surface area contributed by atoms with Crippen LogP contribution in [0.5, 0.6) is 0 Å². The summed E-state index contributed by atoms with van der Waals surface area (Å²) >= 11 is 5.07. The van der Waals surface area contributed by atoms with Crippen LogP contribution < -0.4 is 15.2 Å². The molecule has 0 aliphatic heterocycles. The zero-order chi connectivity index (χ0) is 14.8. The van der Waals surface area contributed by atoms with Crippen molar-refractivity contribution in [2.24, 2.45) is 5.14 Å².